The quantitative estimate of drug-likeness (QED) is 0.628. The monoisotopic (exact) mass is 306 g/mol. The average molecular weight is 306 g/mol. The maximum Gasteiger partial charge on any atom is 0.154 e. The number of hydrogen-bond acceptors (Lipinski definition) is 2. The van der Waals surface area contributed by atoms with Crippen LogP contribution >= 0.6 is 0 Å². The van der Waals surface area contributed by atoms with Gasteiger partial charge in [0.05, 0.1) is 5.56 Å². The first-order valence-corrected chi connectivity index (χ1v) is 7.29. The van der Waals surface area contributed by atoms with E-state index in [1.54, 1.807) is 36.4 Å². The topological polar surface area (TPSA) is 26.3 Å². The number of halogens is 1. The molecule has 0 aliphatic carbocycles. The van der Waals surface area contributed by atoms with Gasteiger partial charge in [-0.2, -0.15) is 0 Å². The van der Waals surface area contributed by atoms with E-state index < -0.39 is 0 Å². The van der Waals surface area contributed by atoms with E-state index in [1.165, 1.54) is 6.07 Å². The van der Waals surface area contributed by atoms with Gasteiger partial charge in [-0.15, -0.1) is 0 Å². The van der Waals surface area contributed by atoms with Crippen LogP contribution in [0.4, 0.5) is 4.39 Å². The minimum atomic E-state index is -0.365. The molecule has 3 aromatic rings. The second kappa shape index (κ2) is 6.88. The third-order valence-electron chi connectivity index (χ3n) is 3.59. The summed E-state index contributed by atoms with van der Waals surface area (Å²) in [6, 6.07) is 21.3. The highest BCUT2D eigenvalue weighted by Gasteiger charge is 2.13. The van der Waals surface area contributed by atoms with Gasteiger partial charge in [-0.1, -0.05) is 60.7 Å². The molecule has 3 heteroatoms. The van der Waals surface area contributed by atoms with Crippen molar-refractivity contribution in [2.75, 3.05) is 0 Å². The summed E-state index contributed by atoms with van der Waals surface area (Å²) in [5.74, 6) is 0.0837. The van der Waals surface area contributed by atoms with Gasteiger partial charge in [0.25, 0.3) is 0 Å². The van der Waals surface area contributed by atoms with Gasteiger partial charge in [0.1, 0.15) is 18.2 Å². The molecule has 0 saturated carbocycles. The highest BCUT2D eigenvalue weighted by molar-refractivity contribution is 5.91. The zero-order valence-corrected chi connectivity index (χ0v) is 12.4. The minimum Gasteiger partial charge on any atom is -0.488 e. The Labute approximate surface area is 134 Å². The van der Waals surface area contributed by atoms with Crippen molar-refractivity contribution in [3.8, 4) is 16.9 Å². The van der Waals surface area contributed by atoms with Crippen molar-refractivity contribution < 1.29 is 13.9 Å². The van der Waals surface area contributed by atoms with Gasteiger partial charge in [-0.05, 0) is 23.3 Å². The zero-order chi connectivity index (χ0) is 16.1. The van der Waals surface area contributed by atoms with E-state index in [1.807, 2.05) is 30.3 Å². The number of carbonyl (C=O) groups excluding carboxylic acids is 1. The second-order valence-electron chi connectivity index (χ2n) is 5.09. The predicted molar refractivity (Wildman–Crippen MR) is 88.0 cm³/mol. The van der Waals surface area contributed by atoms with Crippen LogP contribution in [-0.2, 0) is 6.61 Å². The molecular formula is C20H15FO2. The molecule has 114 valence electrons. The first-order chi connectivity index (χ1) is 11.3. The lowest BCUT2D eigenvalue weighted by molar-refractivity contribution is 0.111. The molecule has 0 amide bonds. The molecule has 3 rings (SSSR count). The van der Waals surface area contributed by atoms with E-state index in [2.05, 4.69) is 0 Å². The van der Waals surface area contributed by atoms with Gasteiger partial charge in [0.15, 0.2) is 6.29 Å². The number of rotatable bonds is 5. The van der Waals surface area contributed by atoms with Crippen LogP contribution in [-0.4, -0.2) is 6.29 Å². The van der Waals surface area contributed by atoms with Crippen LogP contribution in [0.25, 0.3) is 11.1 Å². The molecule has 3 aromatic carbocycles. The van der Waals surface area contributed by atoms with Gasteiger partial charge in [-0.3, -0.25) is 4.79 Å². The van der Waals surface area contributed by atoms with E-state index in [-0.39, 0.29) is 5.82 Å². The molecule has 0 saturated heterocycles. The Morgan fingerprint density at radius 1 is 0.826 bits per heavy atom. The molecule has 0 N–H and O–H groups in total. The maximum absolute atomic E-state index is 14.0. The molecule has 0 spiro atoms. The Kier molecular flexibility index (Phi) is 4.48. The van der Waals surface area contributed by atoms with Crippen LogP contribution in [0.2, 0.25) is 0 Å². The first-order valence-electron chi connectivity index (χ1n) is 7.29. The number of ether oxygens (including phenoxy) is 1. The summed E-state index contributed by atoms with van der Waals surface area (Å²) < 4.78 is 19.8. The summed E-state index contributed by atoms with van der Waals surface area (Å²) in [6.45, 7) is 0.350. The van der Waals surface area contributed by atoms with E-state index in [9.17, 15) is 9.18 Å². The van der Waals surface area contributed by atoms with E-state index in [0.29, 0.717) is 35.3 Å². The number of aldehydes is 1. The van der Waals surface area contributed by atoms with Crippen molar-refractivity contribution in [2.45, 2.75) is 6.61 Å². The minimum absolute atomic E-state index is 0.350. The zero-order valence-electron chi connectivity index (χ0n) is 12.4. The molecule has 0 aliphatic heterocycles. The van der Waals surface area contributed by atoms with Gasteiger partial charge in [0, 0.05) is 5.56 Å². The summed E-state index contributed by atoms with van der Waals surface area (Å²) in [7, 11) is 0. The van der Waals surface area contributed by atoms with Crippen LogP contribution in [0.3, 0.4) is 0 Å². The molecule has 0 atom stereocenters. The van der Waals surface area contributed by atoms with Crippen molar-refractivity contribution in [1.82, 2.24) is 0 Å². The summed E-state index contributed by atoms with van der Waals surface area (Å²) in [5, 5.41) is 0. The van der Waals surface area contributed by atoms with Crippen LogP contribution in [0.1, 0.15) is 15.9 Å². The lowest BCUT2D eigenvalue weighted by atomic mass is 9.99. The molecule has 2 nitrogen and oxygen atoms in total. The molecule has 23 heavy (non-hydrogen) atoms. The van der Waals surface area contributed by atoms with Crippen molar-refractivity contribution in [3.63, 3.8) is 0 Å². The molecule has 0 fully saturated rings. The van der Waals surface area contributed by atoms with Gasteiger partial charge in [-0.25, -0.2) is 4.39 Å². The normalized spacial score (nSPS) is 10.3. The summed E-state index contributed by atoms with van der Waals surface area (Å²) >= 11 is 0. The fraction of sp³-hybridized carbons (Fsp3) is 0.0500. The van der Waals surface area contributed by atoms with Gasteiger partial charge < -0.3 is 4.74 Å². The molecule has 0 aliphatic rings. The van der Waals surface area contributed by atoms with Crippen LogP contribution in [0.5, 0.6) is 5.75 Å². The lowest BCUT2D eigenvalue weighted by Gasteiger charge is -2.12. The average Bonchev–Trinajstić information content (AvgIpc) is 2.61. The van der Waals surface area contributed by atoms with Gasteiger partial charge >= 0.3 is 0 Å². The summed E-state index contributed by atoms with van der Waals surface area (Å²) in [5.41, 5.74) is 2.28. The fourth-order valence-corrected chi connectivity index (χ4v) is 2.44. The second-order valence-corrected chi connectivity index (χ2v) is 5.09. The van der Waals surface area contributed by atoms with E-state index >= 15 is 0 Å². The Bertz CT molecular complexity index is 813. The standard InChI is InChI=1S/C20H15FO2/c21-19-11-5-4-9-17(19)16-10-6-12-20(18(16)13-22)23-14-15-7-2-1-3-8-15/h1-13H,14H2. The Balaban J connectivity index is 1.94. The molecule has 0 heterocycles. The van der Waals surface area contributed by atoms with Crippen LogP contribution in [0.15, 0.2) is 72.8 Å². The predicted octanol–water partition coefficient (Wildman–Crippen LogP) is 4.88. The lowest BCUT2D eigenvalue weighted by Crippen LogP contribution is -2.00. The first kappa shape index (κ1) is 15.0. The summed E-state index contributed by atoms with van der Waals surface area (Å²) in [4.78, 5) is 11.5. The molecule has 0 aromatic heterocycles. The SMILES string of the molecule is O=Cc1c(OCc2ccccc2)cccc1-c1ccccc1F. The van der Waals surface area contributed by atoms with E-state index in [4.69, 9.17) is 4.74 Å². The molecule has 0 unspecified atom stereocenters. The molecular weight excluding hydrogens is 291 g/mol. The van der Waals surface area contributed by atoms with Crippen molar-refractivity contribution in [1.29, 1.82) is 0 Å². The number of carbonyl (C=O) groups is 1. The molecule has 0 bridgehead atoms. The Morgan fingerprint density at radius 3 is 2.26 bits per heavy atom. The number of benzene rings is 3. The largest absolute Gasteiger partial charge is 0.488 e. The summed E-state index contributed by atoms with van der Waals surface area (Å²) in [6.07, 6.45) is 0.710. The Morgan fingerprint density at radius 2 is 1.52 bits per heavy atom. The third kappa shape index (κ3) is 3.29. The van der Waals surface area contributed by atoms with Crippen LogP contribution < -0.4 is 4.74 Å². The van der Waals surface area contributed by atoms with Crippen LogP contribution in [0, 0.1) is 5.82 Å². The Hall–Kier alpha value is -2.94. The molecule has 0 radical (unpaired) electrons. The van der Waals surface area contributed by atoms with Crippen molar-refractivity contribution in [3.05, 3.63) is 89.7 Å². The van der Waals surface area contributed by atoms with Crippen molar-refractivity contribution >= 4 is 6.29 Å². The van der Waals surface area contributed by atoms with E-state index in [0.717, 1.165) is 5.56 Å². The highest BCUT2D eigenvalue weighted by atomic mass is 19.1. The fourth-order valence-electron chi connectivity index (χ4n) is 2.44. The highest BCUT2D eigenvalue weighted by Crippen LogP contribution is 2.31. The van der Waals surface area contributed by atoms with Crippen molar-refractivity contribution in [2.24, 2.45) is 0 Å². The maximum atomic E-state index is 14.0. The van der Waals surface area contributed by atoms with Gasteiger partial charge in [0.2, 0.25) is 0 Å². The smallest absolute Gasteiger partial charge is 0.154 e. The third-order valence-corrected chi connectivity index (χ3v) is 3.59. The number of hydrogen-bond donors (Lipinski definition) is 0.